The van der Waals surface area contributed by atoms with Crippen molar-refractivity contribution in [2.24, 2.45) is 5.73 Å². The quantitative estimate of drug-likeness (QED) is 0.729. The van der Waals surface area contributed by atoms with Crippen LogP contribution in [0.2, 0.25) is 0 Å². The van der Waals surface area contributed by atoms with E-state index in [0.717, 1.165) is 6.42 Å². The molecule has 0 aromatic heterocycles. The first kappa shape index (κ1) is 7.77. The van der Waals surface area contributed by atoms with Gasteiger partial charge in [-0.2, -0.15) is 0 Å². The van der Waals surface area contributed by atoms with Crippen molar-refractivity contribution in [1.82, 2.24) is 0 Å². The predicted molar refractivity (Wildman–Crippen MR) is 47.6 cm³/mol. The van der Waals surface area contributed by atoms with E-state index in [2.05, 4.69) is 12.1 Å². The molecule has 2 nitrogen and oxygen atoms in total. The Bertz CT molecular complexity index is 247. The van der Waals surface area contributed by atoms with E-state index in [-0.39, 0.29) is 6.04 Å². The molecule has 0 unspecified atom stereocenters. The Morgan fingerprint density at radius 1 is 1.33 bits per heavy atom. The Labute approximate surface area is 72.3 Å². The molecule has 2 rings (SSSR count). The number of hydrogen-bond acceptors (Lipinski definition) is 2. The molecule has 1 aliphatic rings. The average Bonchev–Trinajstić information content (AvgIpc) is 2.81. The smallest absolute Gasteiger partial charge is 0.0747 e. The summed E-state index contributed by atoms with van der Waals surface area (Å²) >= 11 is 0. The van der Waals surface area contributed by atoms with E-state index in [1.165, 1.54) is 5.56 Å². The van der Waals surface area contributed by atoms with Gasteiger partial charge >= 0.3 is 0 Å². The molecular weight excluding hydrogens is 150 g/mol. The van der Waals surface area contributed by atoms with Crippen LogP contribution in [0.4, 0.5) is 0 Å². The van der Waals surface area contributed by atoms with Gasteiger partial charge in [0.25, 0.3) is 0 Å². The molecule has 0 saturated heterocycles. The third kappa shape index (κ3) is 1.84. The third-order valence-corrected chi connectivity index (χ3v) is 2.09. The van der Waals surface area contributed by atoms with Gasteiger partial charge in [0.1, 0.15) is 0 Å². The zero-order valence-electron chi connectivity index (χ0n) is 6.94. The molecule has 12 heavy (non-hydrogen) atoms. The highest BCUT2D eigenvalue weighted by atomic mass is 16.5. The Morgan fingerprint density at radius 2 is 2.00 bits per heavy atom. The van der Waals surface area contributed by atoms with Crippen LogP contribution in [0.25, 0.3) is 0 Å². The molecule has 2 heteroatoms. The van der Waals surface area contributed by atoms with Gasteiger partial charge in [0.2, 0.25) is 0 Å². The van der Waals surface area contributed by atoms with Gasteiger partial charge in [0, 0.05) is 6.04 Å². The number of hydrogen-bond donors (Lipinski definition) is 1. The van der Waals surface area contributed by atoms with Gasteiger partial charge in [-0.1, -0.05) is 30.3 Å². The maximum Gasteiger partial charge on any atom is 0.0747 e. The largest absolute Gasteiger partial charge is 0.372 e. The fourth-order valence-corrected chi connectivity index (χ4v) is 1.16. The summed E-state index contributed by atoms with van der Waals surface area (Å²) in [6, 6.07) is 10.5. The van der Waals surface area contributed by atoms with E-state index < -0.39 is 0 Å². The lowest BCUT2D eigenvalue weighted by atomic mass is 10.2. The van der Waals surface area contributed by atoms with Crippen molar-refractivity contribution in [2.45, 2.75) is 25.2 Å². The van der Waals surface area contributed by atoms with Crippen LogP contribution < -0.4 is 5.73 Å². The fourth-order valence-electron chi connectivity index (χ4n) is 1.16. The molecule has 0 bridgehead atoms. The van der Waals surface area contributed by atoms with Gasteiger partial charge in [0.05, 0.1) is 12.7 Å². The molecule has 0 aliphatic heterocycles. The van der Waals surface area contributed by atoms with Gasteiger partial charge in [-0.3, -0.25) is 0 Å². The van der Waals surface area contributed by atoms with Crippen LogP contribution in [0, 0.1) is 0 Å². The summed E-state index contributed by atoms with van der Waals surface area (Å²) in [6.45, 7) is 0.694. The van der Waals surface area contributed by atoms with Crippen LogP contribution in [-0.4, -0.2) is 12.1 Å². The zero-order chi connectivity index (χ0) is 8.39. The predicted octanol–water partition coefficient (Wildman–Crippen LogP) is 1.30. The first-order chi connectivity index (χ1) is 5.86. The van der Waals surface area contributed by atoms with Crippen LogP contribution in [0.15, 0.2) is 30.3 Å². The first-order valence-electron chi connectivity index (χ1n) is 4.27. The monoisotopic (exact) mass is 163 g/mol. The minimum Gasteiger partial charge on any atom is -0.372 e. The molecule has 0 amide bonds. The molecule has 1 saturated carbocycles. The highest BCUT2D eigenvalue weighted by Gasteiger charge is 2.34. The molecule has 1 aliphatic carbocycles. The van der Waals surface area contributed by atoms with Crippen molar-refractivity contribution in [3.8, 4) is 0 Å². The highest BCUT2D eigenvalue weighted by Crippen LogP contribution is 2.23. The van der Waals surface area contributed by atoms with Crippen molar-refractivity contribution >= 4 is 0 Å². The summed E-state index contributed by atoms with van der Waals surface area (Å²) in [7, 11) is 0. The second-order valence-electron chi connectivity index (χ2n) is 3.23. The molecular formula is C10H13NO. The molecule has 2 N–H and O–H groups in total. The molecule has 64 valence electrons. The average molecular weight is 163 g/mol. The topological polar surface area (TPSA) is 35.2 Å². The van der Waals surface area contributed by atoms with Crippen molar-refractivity contribution < 1.29 is 4.74 Å². The maximum absolute atomic E-state index is 5.61. The van der Waals surface area contributed by atoms with Gasteiger partial charge < -0.3 is 10.5 Å². The van der Waals surface area contributed by atoms with Crippen molar-refractivity contribution in [3.05, 3.63) is 35.9 Å². The summed E-state index contributed by atoms with van der Waals surface area (Å²) in [5.41, 5.74) is 6.82. The van der Waals surface area contributed by atoms with E-state index in [4.69, 9.17) is 10.5 Å². The van der Waals surface area contributed by atoms with Crippen LogP contribution in [-0.2, 0) is 11.3 Å². The minimum absolute atomic E-state index is 0.286. The minimum atomic E-state index is 0.286. The lowest BCUT2D eigenvalue weighted by Crippen LogP contribution is -2.08. The van der Waals surface area contributed by atoms with Gasteiger partial charge in [-0.05, 0) is 12.0 Å². The SMILES string of the molecule is N[C@@H]1C[C@@H]1OCc1ccccc1. The zero-order valence-corrected chi connectivity index (χ0v) is 6.94. The van der Waals surface area contributed by atoms with Crippen molar-refractivity contribution in [2.75, 3.05) is 0 Å². The molecule has 1 aromatic rings. The highest BCUT2D eigenvalue weighted by molar-refractivity contribution is 5.13. The normalized spacial score (nSPS) is 27.1. The Kier molecular flexibility index (Phi) is 2.11. The number of benzene rings is 1. The first-order valence-corrected chi connectivity index (χ1v) is 4.27. The van der Waals surface area contributed by atoms with Crippen LogP contribution in [0.5, 0.6) is 0 Å². The van der Waals surface area contributed by atoms with Crippen LogP contribution in [0.3, 0.4) is 0 Å². The Morgan fingerprint density at radius 3 is 2.58 bits per heavy atom. The van der Waals surface area contributed by atoms with Crippen molar-refractivity contribution in [3.63, 3.8) is 0 Å². The lowest BCUT2D eigenvalue weighted by Gasteiger charge is -2.01. The maximum atomic E-state index is 5.61. The second kappa shape index (κ2) is 3.25. The van der Waals surface area contributed by atoms with Crippen LogP contribution >= 0.6 is 0 Å². The Balaban J connectivity index is 1.80. The lowest BCUT2D eigenvalue weighted by molar-refractivity contribution is 0.102. The standard InChI is InChI=1S/C10H13NO/c11-9-6-10(9)12-7-8-4-2-1-3-5-8/h1-5,9-10H,6-7,11H2/t9-,10+/m1/s1. The van der Waals surface area contributed by atoms with E-state index in [9.17, 15) is 0 Å². The molecule has 1 fully saturated rings. The summed E-state index contributed by atoms with van der Waals surface area (Å²) in [6.07, 6.45) is 1.33. The summed E-state index contributed by atoms with van der Waals surface area (Å²) in [5.74, 6) is 0. The van der Waals surface area contributed by atoms with E-state index >= 15 is 0 Å². The van der Waals surface area contributed by atoms with Gasteiger partial charge in [0.15, 0.2) is 0 Å². The molecule has 1 aromatic carbocycles. The molecule has 2 atom stereocenters. The summed E-state index contributed by atoms with van der Waals surface area (Å²) in [4.78, 5) is 0. The van der Waals surface area contributed by atoms with Gasteiger partial charge in [-0.15, -0.1) is 0 Å². The van der Waals surface area contributed by atoms with Gasteiger partial charge in [-0.25, -0.2) is 0 Å². The number of rotatable bonds is 3. The fraction of sp³-hybridized carbons (Fsp3) is 0.400. The second-order valence-corrected chi connectivity index (χ2v) is 3.23. The van der Waals surface area contributed by atoms with Crippen LogP contribution in [0.1, 0.15) is 12.0 Å². The van der Waals surface area contributed by atoms with E-state index in [1.807, 2.05) is 18.2 Å². The summed E-state index contributed by atoms with van der Waals surface area (Å²) in [5, 5.41) is 0. The molecule has 0 heterocycles. The summed E-state index contributed by atoms with van der Waals surface area (Å²) < 4.78 is 5.53. The van der Waals surface area contributed by atoms with E-state index in [0.29, 0.717) is 12.7 Å². The van der Waals surface area contributed by atoms with Crippen molar-refractivity contribution in [1.29, 1.82) is 0 Å². The molecule has 0 radical (unpaired) electrons. The number of ether oxygens (including phenoxy) is 1. The molecule has 0 spiro atoms. The number of nitrogens with two attached hydrogens (primary N) is 1. The Hall–Kier alpha value is -0.860. The van der Waals surface area contributed by atoms with E-state index in [1.54, 1.807) is 0 Å². The third-order valence-electron chi connectivity index (χ3n) is 2.09.